The molecular weight excluding hydrogens is 2080 g/mol. The average molecular weight is 2260 g/mol. The van der Waals surface area contributed by atoms with E-state index in [0.29, 0.717) is 102 Å². The van der Waals surface area contributed by atoms with Gasteiger partial charge in [-0.15, -0.1) is 25.6 Å². The normalized spacial score (nSPS) is 24.2. The highest BCUT2D eigenvalue weighted by atomic mass is 79.9. The molecule has 23 heteroatoms. The highest BCUT2D eigenvalue weighted by molar-refractivity contribution is 9.11. The van der Waals surface area contributed by atoms with E-state index >= 15 is 0 Å². The van der Waals surface area contributed by atoms with Crippen molar-refractivity contribution in [2.75, 3.05) is 26.2 Å². The minimum Gasteiger partial charge on any atom is -0.480 e. The van der Waals surface area contributed by atoms with Crippen LogP contribution >= 0.6 is 92.1 Å². The number of nitrogens with zero attached hydrogens (tertiary/aromatic N) is 2. The van der Waals surface area contributed by atoms with Gasteiger partial charge in [0.15, 0.2) is 0 Å². The maximum Gasteiger partial charge on any atom is 0.488 e. The van der Waals surface area contributed by atoms with E-state index in [4.69, 9.17) is 34.4 Å². The smallest absolute Gasteiger partial charge is 0.480 e. The van der Waals surface area contributed by atoms with Gasteiger partial charge in [-0.05, 0) is 395 Å². The van der Waals surface area contributed by atoms with Crippen LogP contribution in [-0.4, -0.2) is 124 Å². The Morgan fingerprint density at radius 1 is 0.453 bits per heavy atom. The Hall–Kier alpha value is -2.64. The number of likely N-dealkylation sites (tertiary alicyclic amines) is 2. The number of fused-ring (bicyclic) bond motifs is 4. The third kappa shape index (κ3) is 33.4. The monoisotopic (exact) mass is 2250 g/mol. The fourth-order valence-corrected chi connectivity index (χ4v) is 27.2. The summed E-state index contributed by atoms with van der Waals surface area (Å²) in [6, 6.07) is 27.5. The van der Waals surface area contributed by atoms with Gasteiger partial charge in [0.05, 0.1) is 22.4 Å². The molecule has 0 amide bonds. The van der Waals surface area contributed by atoms with Crippen molar-refractivity contribution in [3.05, 3.63) is 161 Å². The van der Waals surface area contributed by atoms with Gasteiger partial charge in [-0.3, -0.25) is 29.0 Å². The van der Waals surface area contributed by atoms with Gasteiger partial charge in [0.25, 0.3) is 0 Å². The van der Waals surface area contributed by atoms with Gasteiger partial charge in [0.2, 0.25) is 0 Å². The molecule has 14 nitrogen and oxygen atoms in total. The lowest BCUT2D eigenvalue weighted by atomic mass is 9.63. The molecule has 4 saturated heterocycles. The van der Waals surface area contributed by atoms with Crippen LogP contribution in [0.5, 0.6) is 0 Å². The van der Waals surface area contributed by atoms with Crippen LogP contribution in [0.1, 0.15) is 424 Å². The number of alkyl halides is 1. The van der Waals surface area contributed by atoms with Crippen molar-refractivity contribution in [1.82, 2.24) is 9.80 Å². The van der Waals surface area contributed by atoms with Gasteiger partial charge >= 0.3 is 27.9 Å². The van der Waals surface area contributed by atoms with Gasteiger partial charge in [0.1, 0.15) is 22.9 Å². The fourth-order valence-electron chi connectivity index (χ4n) is 24.1. The predicted octanol–water partition coefficient (Wildman–Crippen LogP) is 31.7. The molecule has 0 spiro atoms. The molecule has 1 radical (unpaired) electrons. The summed E-state index contributed by atoms with van der Waals surface area (Å²) < 4.78 is 27.9. The van der Waals surface area contributed by atoms with Gasteiger partial charge in [-0.2, -0.15) is 0 Å². The SMILES string of the molecule is Brc1cccc2c1CCCC2Br.C=CCCC(C)(C(=O)CC(C)(C)C)C1CCCCC1.C=CCCC(C)(C(=O)CC(C)(C)C)C1CCN(C2CCCc3c(Br)cccc32)CC1.CC(C)(C)CC(=O)C(C)(CCCCB1OC(C)(C)C(C)(C)O1)C1CCN(C2CCCc3c(Br)cccc32)CC1.CC1(C)O[B]OC1(C)C.Cl.NC(CCCCB(O)O)(C(=O)O)C1CCC(C2CCCc3c(Br)cccc32)CC1. The zero-order valence-electron chi connectivity index (χ0n) is 89.4. The number of benzene rings is 4. The van der Waals surface area contributed by atoms with Gasteiger partial charge in [-0.1, -0.05) is 268 Å². The molecule has 14 rings (SSSR count). The van der Waals surface area contributed by atoms with E-state index in [1.807, 2.05) is 39.8 Å². The van der Waals surface area contributed by atoms with Crippen LogP contribution in [0.2, 0.25) is 12.6 Å². The number of hydrogen-bond acceptors (Lipinski definition) is 13. The molecule has 2 saturated carbocycles. The van der Waals surface area contributed by atoms with Crippen molar-refractivity contribution in [1.29, 1.82) is 0 Å². The van der Waals surface area contributed by atoms with Crippen molar-refractivity contribution in [3.63, 3.8) is 0 Å². The molecule has 4 aromatic rings. The van der Waals surface area contributed by atoms with Gasteiger partial charge in [-0.25, -0.2) is 0 Å². The number of hydrogen-bond donors (Lipinski definition) is 4. The van der Waals surface area contributed by atoms with Crippen LogP contribution < -0.4 is 5.73 Å². The molecule has 8 unspecified atom stereocenters. The second-order valence-corrected chi connectivity index (χ2v) is 53.7. The largest absolute Gasteiger partial charge is 0.488 e. The van der Waals surface area contributed by atoms with Crippen molar-refractivity contribution < 1.29 is 53.0 Å². The van der Waals surface area contributed by atoms with E-state index in [9.17, 15) is 24.3 Å². The Morgan fingerprint density at radius 2 is 0.813 bits per heavy atom. The number of carbonyl (C=O) groups excluding carboxylic acids is 3. The molecule has 4 heterocycles. The molecule has 6 fully saturated rings. The third-order valence-corrected chi connectivity index (χ3v) is 38.2. The number of Topliss-reactive ketones (excluding diaryl/α,β-unsaturated/α-hetero) is 3. The number of carbonyl (C=O) groups is 4. The number of halogens is 6. The summed E-state index contributed by atoms with van der Waals surface area (Å²) in [5.74, 6) is 3.17. The van der Waals surface area contributed by atoms with Crippen molar-refractivity contribution in [2.24, 2.45) is 67.8 Å². The molecule has 10 aliphatic rings. The Bertz CT molecular complexity index is 4550. The van der Waals surface area contributed by atoms with Crippen molar-refractivity contribution in [2.45, 2.75) is 446 Å². The summed E-state index contributed by atoms with van der Waals surface area (Å²) in [7, 11) is -0.0611. The average Bonchev–Trinajstić information content (AvgIpc) is 1.71. The number of rotatable bonds is 30. The molecule has 0 aromatic heterocycles. The number of aliphatic carboxylic acids is 1. The zero-order valence-corrected chi connectivity index (χ0v) is 98.2. The number of allylic oxidation sites excluding steroid dienone is 2. The molecule has 8 atom stereocenters. The van der Waals surface area contributed by atoms with Crippen LogP contribution in [0.3, 0.4) is 0 Å². The van der Waals surface area contributed by atoms with Crippen LogP contribution in [0.15, 0.2) is 116 Å². The first kappa shape index (κ1) is 122. The molecule has 777 valence electrons. The van der Waals surface area contributed by atoms with Crippen LogP contribution in [0, 0.1) is 62.1 Å². The maximum absolute atomic E-state index is 13.9. The topological polar surface area (TPSA) is 198 Å². The fraction of sp³-hybridized carbons (Fsp3) is 0.724. The van der Waals surface area contributed by atoms with E-state index in [-0.39, 0.29) is 86.7 Å². The quantitative estimate of drug-likeness (QED) is 0.0166. The van der Waals surface area contributed by atoms with E-state index in [1.165, 1.54) is 173 Å². The summed E-state index contributed by atoms with van der Waals surface area (Å²) >= 11 is 18.6. The van der Waals surface area contributed by atoms with Crippen LogP contribution in [-0.2, 0) is 63.5 Å². The Morgan fingerprint density at radius 3 is 1.19 bits per heavy atom. The van der Waals surface area contributed by atoms with Crippen LogP contribution in [0.4, 0.5) is 0 Å². The summed E-state index contributed by atoms with van der Waals surface area (Å²) in [6.07, 6.45) is 45.0. The molecule has 139 heavy (non-hydrogen) atoms. The Kier molecular flexibility index (Phi) is 47.0. The molecule has 4 aromatic carbocycles. The van der Waals surface area contributed by atoms with E-state index in [0.717, 1.165) is 135 Å². The number of ketones is 3. The Labute approximate surface area is 892 Å². The molecule has 6 aliphatic carbocycles. The minimum absolute atomic E-state index is 0. The van der Waals surface area contributed by atoms with Gasteiger partial charge < -0.3 is 39.5 Å². The number of nitrogens with two attached hydrogens (primary N) is 1. The lowest BCUT2D eigenvalue weighted by Gasteiger charge is -2.46. The maximum atomic E-state index is 13.9. The summed E-state index contributed by atoms with van der Waals surface area (Å²) in [6.45, 7) is 55.1. The zero-order chi connectivity index (χ0) is 102. The van der Waals surface area contributed by atoms with E-state index in [1.54, 1.807) is 0 Å². The first-order valence-electron chi connectivity index (χ1n) is 53.6. The third-order valence-electron chi connectivity index (χ3n) is 34.3. The summed E-state index contributed by atoms with van der Waals surface area (Å²) in [5.41, 5.74) is 15.8. The van der Waals surface area contributed by atoms with Crippen molar-refractivity contribution >= 4 is 137 Å². The van der Waals surface area contributed by atoms with E-state index in [2.05, 4.69) is 286 Å². The molecule has 5 N–H and O–H groups in total. The summed E-state index contributed by atoms with van der Waals surface area (Å²) in [5, 5.41) is 27.8. The molecular formula is C116H181B3Br5ClN3O11. The number of carboxylic acid groups (broad SMARTS) is 1. The molecule has 0 bridgehead atoms. The Balaban J connectivity index is 0.000000215. The van der Waals surface area contributed by atoms with E-state index < -0.39 is 18.6 Å². The standard InChI is InChI=1S/C33H53BBrNO3.C27H40BrNO.C22H33BBrNO4.C18H32O.C10H10Br2.C6H12BO2.ClH/c1-30(2,3)23-29(37)33(8,19-9-10-20-34-38-31(4,5)32(6,7)39-34)24-17-21-36(22-18-24)28-16-12-13-25-26(28)14-11-15-27(25)35;1-6-7-16-27(5,25(30)19-26(2,3)4)20-14-17-29(18-15-20)24-13-9-10-21-22(24)11-8-12-23(21)28;24-20-8-4-6-18-17(5-3-7-19(18)20)15-9-11-16(12-10-15)22(25,21(26)27)13-1-2-14-23(28)29;1-6-7-13-18(5,15-11-9-8-10-12-15)16(19)14-17(2,3)4;11-9-5-1-3-7-8(9)4-2-6-10(7)12;1-5(2)6(3,4)9-7-8-5;/h11,14-15,24,28H,9-10,12-13,16-23H2,1-8H3;6,8,11-12,20,24H,1,7,9-10,13-19H2,2-5H3;4,6,8,15-17,28-29H,1-3,5,7,9-14,25H2,(H,26,27);6,15H,1,7-14H2,2-5H3;1,3,5,10H,2,4,6H2;1-4H3;1H. The lowest BCUT2D eigenvalue weighted by Crippen LogP contribution is -2.55. The van der Waals surface area contributed by atoms with Crippen LogP contribution in [0.25, 0.3) is 0 Å². The first-order chi connectivity index (χ1) is 64.6. The minimum atomic E-state index is -1.33. The number of piperidine rings is 2. The lowest BCUT2D eigenvalue weighted by molar-refractivity contribution is -0.147. The second-order valence-electron chi connectivity index (χ2n) is 49.2. The first-order valence-corrected chi connectivity index (χ1v) is 57.7. The van der Waals surface area contributed by atoms with Crippen molar-refractivity contribution in [3.8, 4) is 0 Å². The predicted molar refractivity (Wildman–Crippen MR) is 601 cm³/mol. The molecule has 4 aliphatic heterocycles. The highest BCUT2D eigenvalue weighted by Gasteiger charge is 2.53. The van der Waals surface area contributed by atoms with Gasteiger partial charge in [0, 0.05) is 70.3 Å². The second kappa shape index (κ2) is 53.7. The highest BCUT2D eigenvalue weighted by Crippen LogP contribution is 2.53. The summed E-state index contributed by atoms with van der Waals surface area (Å²) in [4.78, 5) is 58.2. The number of carboxylic acids is 1. The number of unbranched alkanes of at least 4 members (excludes halogenated alkanes) is 2.